The number of benzene rings is 1. The lowest BCUT2D eigenvalue weighted by Gasteiger charge is -2.22. The van der Waals surface area contributed by atoms with E-state index in [4.69, 9.17) is 0 Å². The lowest BCUT2D eigenvalue weighted by atomic mass is 9.99. The average Bonchev–Trinajstić information content (AvgIpc) is 2.36. The lowest BCUT2D eigenvalue weighted by Crippen LogP contribution is -2.38. The molecule has 1 unspecified atom stereocenters. The number of carbonyl (C=O) groups excluding carboxylic acids is 1. The van der Waals surface area contributed by atoms with Gasteiger partial charge in [-0.2, -0.15) is 0 Å². The van der Waals surface area contributed by atoms with E-state index in [9.17, 15) is 13.6 Å². The normalized spacial score (nSPS) is 18.2. The van der Waals surface area contributed by atoms with Gasteiger partial charge in [-0.05, 0) is 44.0 Å². The maximum atomic E-state index is 13.6. The smallest absolute Gasteiger partial charge is 0.257 e. The van der Waals surface area contributed by atoms with Gasteiger partial charge in [0.05, 0.1) is 0 Å². The summed E-state index contributed by atoms with van der Waals surface area (Å²) >= 11 is 2.98. The van der Waals surface area contributed by atoms with Gasteiger partial charge >= 0.3 is 0 Å². The van der Waals surface area contributed by atoms with E-state index in [0.717, 1.165) is 38.1 Å². The maximum Gasteiger partial charge on any atom is 0.257 e. The number of amides is 1. The summed E-state index contributed by atoms with van der Waals surface area (Å²) in [5, 5.41) is 5.82. The summed E-state index contributed by atoms with van der Waals surface area (Å²) < 4.78 is 27.4. The number of hydrogen-bond donors (Lipinski definition) is 2. The number of piperidine rings is 1. The average molecular weight is 370 g/mol. The molecule has 0 radical (unpaired) electrons. The van der Waals surface area contributed by atoms with Crippen LogP contribution in [-0.4, -0.2) is 25.5 Å². The van der Waals surface area contributed by atoms with Gasteiger partial charge in [0.15, 0.2) is 0 Å². The van der Waals surface area contributed by atoms with E-state index in [-0.39, 0.29) is 16.9 Å². The molecule has 112 valence electrons. The molecular formula is C13H16BrClF2N2O. The van der Waals surface area contributed by atoms with Crippen LogP contribution in [0.3, 0.4) is 0 Å². The topological polar surface area (TPSA) is 41.1 Å². The third-order valence-electron chi connectivity index (χ3n) is 3.18. The van der Waals surface area contributed by atoms with Gasteiger partial charge in [-0.1, -0.05) is 15.9 Å². The summed E-state index contributed by atoms with van der Waals surface area (Å²) in [6.45, 7) is 2.24. The zero-order valence-electron chi connectivity index (χ0n) is 10.7. The zero-order chi connectivity index (χ0) is 13.8. The van der Waals surface area contributed by atoms with Crippen molar-refractivity contribution >= 4 is 34.2 Å². The minimum Gasteiger partial charge on any atom is -0.352 e. The summed E-state index contributed by atoms with van der Waals surface area (Å²) in [7, 11) is 0. The van der Waals surface area contributed by atoms with Crippen LogP contribution in [0.2, 0.25) is 0 Å². The van der Waals surface area contributed by atoms with Gasteiger partial charge in [0.2, 0.25) is 0 Å². The predicted octanol–water partition coefficient (Wildman–Crippen LogP) is 2.88. The molecule has 0 aliphatic carbocycles. The summed E-state index contributed by atoms with van der Waals surface area (Å²) in [5.74, 6) is -2.09. The molecule has 1 atom stereocenters. The Bertz CT molecular complexity index is 458. The quantitative estimate of drug-likeness (QED) is 0.860. The first-order valence-corrected chi connectivity index (χ1v) is 7.00. The van der Waals surface area contributed by atoms with Crippen molar-refractivity contribution in [2.75, 3.05) is 19.6 Å². The fourth-order valence-corrected chi connectivity index (χ4v) is 2.58. The molecule has 1 amide bonds. The molecule has 2 rings (SSSR count). The van der Waals surface area contributed by atoms with Crippen LogP contribution >= 0.6 is 28.3 Å². The van der Waals surface area contributed by atoms with Gasteiger partial charge in [-0.3, -0.25) is 4.79 Å². The largest absolute Gasteiger partial charge is 0.352 e. The van der Waals surface area contributed by atoms with Crippen molar-refractivity contribution in [1.82, 2.24) is 10.6 Å². The van der Waals surface area contributed by atoms with Crippen LogP contribution in [0.15, 0.2) is 16.6 Å². The molecule has 0 aromatic heterocycles. The minimum atomic E-state index is -0.855. The molecule has 7 heteroatoms. The fourth-order valence-electron chi connectivity index (χ4n) is 2.18. The van der Waals surface area contributed by atoms with Gasteiger partial charge in [0, 0.05) is 11.0 Å². The third kappa shape index (κ3) is 4.40. The van der Waals surface area contributed by atoms with Crippen LogP contribution in [0.4, 0.5) is 8.78 Å². The lowest BCUT2D eigenvalue weighted by molar-refractivity contribution is 0.0936. The molecule has 1 fully saturated rings. The van der Waals surface area contributed by atoms with E-state index in [0.29, 0.717) is 12.5 Å². The van der Waals surface area contributed by atoms with Crippen LogP contribution in [0, 0.1) is 17.6 Å². The highest BCUT2D eigenvalue weighted by Crippen LogP contribution is 2.19. The van der Waals surface area contributed by atoms with Crippen molar-refractivity contribution in [2.45, 2.75) is 12.8 Å². The zero-order valence-corrected chi connectivity index (χ0v) is 13.1. The Hall–Kier alpha value is -0.720. The molecule has 0 bridgehead atoms. The van der Waals surface area contributed by atoms with E-state index < -0.39 is 23.1 Å². The maximum absolute atomic E-state index is 13.6. The Kier molecular flexibility index (Phi) is 6.85. The van der Waals surface area contributed by atoms with Crippen molar-refractivity contribution < 1.29 is 13.6 Å². The summed E-state index contributed by atoms with van der Waals surface area (Å²) in [6, 6.07) is 2.17. The highest BCUT2D eigenvalue weighted by atomic mass is 79.9. The Balaban J connectivity index is 0.00000200. The number of halogens is 4. The molecule has 1 saturated heterocycles. The van der Waals surface area contributed by atoms with Crippen molar-refractivity contribution in [2.24, 2.45) is 5.92 Å². The number of hydrogen-bond acceptors (Lipinski definition) is 2. The molecule has 1 aliphatic rings. The van der Waals surface area contributed by atoms with Crippen molar-refractivity contribution in [3.05, 3.63) is 33.8 Å². The molecule has 1 heterocycles. The second-order valence-corrected chi connectivity index (χ2v) is 5.58. The van der Waals surface area contributed by atoms with Crippen molar-refractivity contribution in [3.8, 4) is 0 Å². The van der Waals surface area contributed by atoms with Gasteiger partial charge in [0.25, 0.3) is 5.91 Å². The summed E-state index contributed by atoms with van der Waals surface area (Å²) in [4.78, 5) is 11.8. The van der Waals surface area contributed by atoms with Crippen LogP contribution < -0.4 is 10.6 Å². The van der Waals surface area contributed by atoms with E-state index >= 15 is 0 Å². The molecule has 1 aromatic carbocycles. The fraction of sp³-hybridized carbons (Fsp3) is 0.462. The van der Waals surface area contributed by atoms with E-state index in [2.05, 4.69) is 26.6 Å². The Morgan fingerprint density at radius 1 is 1.40 bits per heavy atom. The second kappa shape index (κ2) is 7.90. The highest BCUT2D eigenvalue weighted by molar-refractivity contribution is 9.10. The first-order chi connectivity index (χ1) is 9.08. The number of nitrogens with one attached hydrogen (secondary N) is 2. The van der Waals surface area contributed by atoms with E-state index in [1.165, 1.54) is 0 Å². The second-order valence-electron chi connectivity index (χ2n) is 4.67. The van der Waals surface area contributed by atoms with Crippen LogP contribution in [0.5, 0.6) is 0 Å². The Morgan fingerprint density at radius 2 is 2.05 bits per heavy atom. The highest BCUT2D eigenvalue weighted by Gasteiger charge is 2.20. The minimum absolute atomic E-state index is 0. The van der Waals surface area contributed by atoms with E-state index in [1.54, 1.807) is 0 Å². The van der Waals surface area contributed by atoms with Gasteiger partial charge in [-0.15, -0.1) is 12.4 Å². The molecular weight excluding hydrogens is 354 g/mol. The van der Waals surface area contributed by atoms with Gasteiger partial charge < -0.3 is 10.6 Å². The summed E-state index contributed by atoms with van der Waals surface area (Å²) in [6.07, 6.45) is 2.07. The van der Waals surface area contributed by atoms with E-state index in [1.807, 2.05) is 0 Å². The molecule has 1 aromatic rings. The number of rotatable bonds is 3. The molecule has 20 heavy (non-hydrogen) atoms. The molecule has 0 spiro atoms. The SMILES string of the molecule is Cl.O=C(NCC1CCCNC1)c1c(F)cc(Br)cc1F. The van der Waals surface area contributed by atoms with Crippen LogP contribution in [0.25, 0.3) is 0 Å². The number of carbonyl (C=O) groups is 1. The van der Waals surface area contributed by atoms with Crippen molar-refractivity contribution in [3.63, 3.8) is 0 Å². The first kappa shape index (κ1) is 17.3. The van der Waals surface area contributed by atoms with Crippen LogP contribution in [-0.2, 0) is 0 Å². The summed E-state index contributed by atoms with van der Waals surface area (Å²) in [5.41, 5.74) is -0.521. The molecule has 2 N–H and O–H groups in total. The molecule has 0 saturated carbocycles. The van der Waals surface area contributed by atoms with Gasteiger partial charge in [0.1, 0.15) is 17.2 Å². The first-order valence-electron chi connectivity index (χ1n) is 6.21. The monoisotopic (exact) mass is 368 g/mol. The third-order valence-corrected chi connectivity index (χ3v) is 3.64. The molecule has 1 aliphatic heterocycles. The molecule has 3 nitrogen and oxygen atoms in total. The standard InChI is InChI=1S/C13H15BrF2N2O.ClH/c14-9-4-10(15)12(11(16)5-9)13(19)18-7-8-2-1-3-17-6-8;/h4-5,8,17H,1-3,6-7H2,(H,18,19);1H. The predicted molar refractivity (Wildman–Crippen MR) is 79.2 cm³/mol. The Labute approximate surface area is 131 Å². The van der Waals surface area contributed by atoms with Gasteiger partial charge in [-0.25, -0.2) is 8.78 Å². The Morgan fingerprint density at radius 3 is 2.60 bits per heavy atom. The van der Waals surface area contributed by atoms with Crippen molar-refractivity contribution in [1.29, 1.82) is 0 Å². The van der Waals surface area contributed by atoms with Crippen LogP contribution in [0.1, 0.15) is 23.2 Å².